The van der Waals surface area contributed by atoms with Gasteiger partial charge in [-0.1, -0.05) is 37.2 Å². The molecule has 3 aromatic heterocycles. The number of hydrogen-bond donors (Lipinski definition) is 1. The molecule has 0 saturated carbocycles. The Morgan fingerprint density at radius 2 is 2.00 bits per heavy atom. The number of tetrazole rings is 1. The SMILES string of the molecule is CCCCc1ccc(-n2nnnc2SCc2nc3sc(C)c(C)c3c(=O)[nH]2)cc1. The first-order valence-electron chi connectivity index (χ1n) is 9.56. The summed E-state index contributed by atoms with van der Waals surface area (Å²) in [7, 11) is 0. The Bertz CT molecular complexity index is 1190. The van der Waals surface area contributed by atoms with Crippen molar-refractivity contribution in [1.29, 1.82) is 0 Å². The lowest BCUT2D eigenvalue weighted by Gasteiger charge is -2.06. The number of nitrogens with one attached hydrogen (secondary N) is 1. The summed E-state index contributed by atoms with van der Waals surface area (Å²) in [5, 5.41) is 13.4. The van der Waals surface area contributed by atoms with Crippen molar-refractivity contribution in [3.8, 4) is 5.69 Å². The molecule has 0 spiro atoms. The molecule has 0 atom stereocenters. The molecule has 1 N–H and O–H groups in total. The average Bonchev–Trinajstić information content (AvgIpc) is 3.30. The molecule has 3 heterocycles. The molecule has 0 aliphatic carbocycles. The van der Waals surface area contributed by atoms with Crippen LogP contribution in [0.2, 0.25) is 0 Å². The molecule has 7 nitrogen and oxygen atoms in total. The summed E-state index contributed by atoms with van der Waals surface area (Å²) in [6.45, 7) is 6.16. The van der Waals surface area contributed by atoms with E-state index in [0.29, 0.717) is 22.1 Å². The molecule has 4 aromatic rings. The largest absolute Gasteiger partial charge is 0.309 e. The number of aryl methyl sites for hydroxylation is 3. The van der Waals surface area contributed by atoms with E-state index in [9.17, 15) is 4.79 Å². The molecule has 0 bridgehead atoms. The van der Waals surface area contributed by atoms with E-state index < -0.39 is 0 Å². The van der Waals surface area contributed by atoms with Gasteiger partial charge in [0.2, 0.25) is 5.16 Å². The minimum absolute atomic E-state index is 0.0882. The number of nitrogens with zero attached hydrogens (tertiary/aromatic N) is 5. The summed E-state index contributed by atoms with van der Waals surface area (Å²) in [6.07, 6.45) is 3.45. The predicted molar refractivity (Wildman–Crippen MR) is 117 cm³/mol. The number of thioether (sulfide) groups is 1. The molecule has 0 unspecified atom stereocenters. The fourth-order valence-corrected chi connectivity index (χ4v) is 4.93. The lowest BCUT2D eigenvalue weighted by Crippen LogP contribution is -2.11. The van der Waals surface area contributed by atoms with E-state index in [-0.39, 0.29) is 5.56 Å². The summed E-state index contributed by atoms with van der Waals surface area (Å²) in [4.78, 5) is 21.9. The Morgan fingerprint density at radius 1 is 1.21 bits per heavy atom. The molecule has 9 heteroatoms. The molecule has 0 radical (unpaired) electrons. The highest BCUT2D eigenvalue weighted by molar-refractivity contribution is 7.98. The van der Waals surface area contributed by atoms with Crippen LogP contribution in [0.3, 0.4) is 0 Å². The zero-order chi connectivity index (χ0) is 20.4. The van der Waals surface area contributed by atoms with Gasteiger partial charge in [0.1, 0.15) is 10.7 Å². The molecule has 1 aromatic carbocycles. The number of aromatic amines is 1. The number of rotatable bonds is 7. The van der Waals surface area contributed by atoms with Gasteiger partial charge in [-0.25, -0.2) is 4.98 Å². The molecular formula is C20H22N6OS2. The Balaban J connectivity index is 1.52. The van der Waals surface area contributed by atoms with Gasteiger partial charge < -0.3 is 4.98 Å². The van der Waals surface area contributed by atoms with E-state index in [0.717, 1.165) is 27.4 Å². The van der Waals surface area contributed by atoms with Crippen molar-refractivity contribution in [2.45, 2.75) is 50.9 Å². The van der Waals surface area contributed by atoms with E-state index in [1.165, 1.54) is 30.2 Å². The van der Waals surface area contributed by atoms with E-state index >= 15 is 0 Å². The van der Waals surface area contributed by atoms with Gasteiger partial charge >= 0.3 is 0 Å². The standard InChI is InChI=1S/C20H22N6OS2/c1-4-5-6-14-7-9-15(10-8-14)26-20(23-24-25-26)28-11-16-21-18(27)17-12(2)13(3)29-19(17)22-16/h7-10H,4-6,11H2,1-3H3,(H,21,22,27). The lowest BCUT2D eigenvalue weighted by molar-refractivity contribution is 0.753. The maximum Gasteiger partial charge on any atom is 0.259 e. The van der Waals surface area contributed by atoms with E-state index in [1.807, 2.05) is 26.0 Å². The van der Waals surface area contributed by atoms with Crippen LogP contribution in [0, 0.1) is 13.8 Å². The third-order valence-corrected chi connectivity index (χ3v) is 6.90. The van der Waals surface area contributed by atoms with Crippen LogP contribution in [-0.2, 0) is 12.2 Å². The van der Waals surface area contributed by atoms with Crippen LogP contribution in [0.5, 0.6) is 0 Å². The number of unbranched alkanes of at least 4 members (excludes halogenated alkanes) is 1. The number of H-pyrrole nitrogens is 1. The van der Waals surface area contributed by atoms with Crippen LogP contribution in [0.4, 0.5) is 0 Å². The number of thiophene rings is 1. The summed E-state index contributed by atoms with van der Waals surface area (Å²) in [5.74, 6) is 1.11. The lowest BCUT2D eigenvalue weighted by atomic mass is 10.1. The number of benzene rings is 1. The van der Waals surface area contributed by atoms with Gasteiger partial charge in [-0.3, -0.25) is 4.79 Å². The quantitative estimate of drug-likeness (QED) is 0.445. The Kier molecular flexibility index (Phi) is 5.77. The number of hydrogen-bond acceptors (Lipinski definition) is 7. The molecule has 29 heavy (non-hydrogen) atoms. The fraction of sp³-hybridized carbons (Fsp3) is 0.350. The zero-order valence-electron chi connectivity index (χ0n) is 16.6. The number of aromatic nitrogens is 6. The maximum absolute atomic E-state index is 12.4. The van der Waals surface area contributed by atoms with Gasteiger partial charge in [0.05, 0.1) is 16.8 Å². The molecule has 0 fully saturated rings. The highest BCUT2D eigenvalue weighted by Crippen LogP contribution is 2.27. The van der Waals surface area contributed by atoms with Crippen molar-refractivity contribution in [1.82, 2.24) is 30.2 Å². The van der Waals surface area contributed by atoms with E-state index in [2.05, 4.69) is 44.5 Å². The minimum atomic E-state index is -0.0882. The van der Waals surface area contributed by atoms with Crippen LogP contribution in [0.1, 0.15) is 41.6 Å². The van der Waals surface area contributed by atoms with Crippen LogP contribution in [0.15, 0.2) is 34.2 Å². The Morgan fingerprint density at radius 3 is 2.76 bits per heavy atom. The van der Waals surface area contributed by atoms with Gasteiger partial charge in [-0.05, 0) is 60.4 Å². The van der Waals surface area contributed by atoms with Crippen LogP contribution in [0.25, 0.3) is 15.9 Å². The van der Waals surface area contributed by atoms with Crippen LogP contribution < -0.4 is 5.56 Å². The molecular weight excluding hydrogens is 404 g/mol. The molecule has 0 aliphatic heterocycles. The first-order chi connectivity index (χ1) is 14.1. The third kappa shape index (κ3) is 4.11. The average molecular weight is 427 g/mol. The van der Waals surface area contributed by atoms with Gasteiger partial charge in [0.15, 0.2) is 0 Å². The van der Waals surface area contributed by atoms with Crippen molar-refractivity contribution in [3.05, 3.63) is 56.4 Å². The zero-order valence-corrected chi connectivity index (χ0v) is 18.2. The summed E-state index contributed by atoms with van der Waals surface area (Å²) in [6, 6.07) is 8.31. The highest BCUT2D eigenvalue weighted by atomic mass is 32.2. The van der Waals surface area contributed by atoms with Crippen molar-refractivity contribution in [2.75, 3.05) is 0 Å². The second kappa shape index (κ2) is 8.46. The summed E-state index contributed by atoms with van der Waals surface area (Å²) >= 11 is 3.00. The van der Waals surface area contributed by atoms with Crippen LogP contribution >= 0.6 is 23.1 Å². The highest BCUT2D eigenvalue weighted by Gasteiger charge is 2.14. The van der Waals surface area contributed by atoms with E-state index in [1.54, 1.807) is 16.0 Å². The second-order valence-electron chi connectivity index (χ2n) is 6.91. The van der Waals surface area contributed by atoms with Crippen molar-refractivity contribution < 1.29 is 0 Å². The predicted octanol–water partition coefficient (Wildman–Crippen LogP) is 4.21. The monoisotopic (exact) mass is 426 g/mol. The summed E-state index contributed by atoms with van der Waals surface area (Å²) in [5.41, 5.74) is 3.15. The molecule has 0 amide bonds. The number of fused-ring (bicyclic) bond motifs is 1. The summed E-state index contributed by atoms with van der Waals surface area (Å²) < 4.78 is 1.71. The van der Waals surface area contributed by atoms with Crippen molar-refractivity contribution in [3.63, 3.8) is 0 Å². The third-order valence-electron chi connectivity index (χ3n) is 4.87. The minimum Gasteiger partial charge on any atom is -0.309 e. The van der Waals surface area contributed by atoms with E-state index in [4.69, 9.17) is 0 Å². The second-order valence-corrected chi connectivity index (χ2v) is 9.05. The molecule has 4 rings (SSSR count). The van der Waals surface area contributed by atoms with Gasteiger partial charge in [-0.15, -0.1) is 16.4 Å². The van der Waals surface area contributed by atoms with Gasteiger partial charge in [-0.2, -0.15) is 4.68 Å². The maximum atomic E-state index is 12.4. The van der Waals surface area contributed by atoms with Crippen LogP contribution in [-0.4, -0.2) is 30.2 Å². The Labute approximate surface area is 176 Å². The topological polar surface area (TPSA) is 89.3 Å². The van der Waals surface area contributed by atoms with Gasteiger partial charge in [0, 0.05) is 4.88 Å². The van der Waals surface area contributed by atoms with Gasteiger partial charge in [0.25, 0.3) is 5.56 Å². The fourth-order valence-electron chi connectivity index (χ4n) is 3.12. The first kappa shape index (κ1) is 19.8. The van der Waals surface area contributed by atoms with Crippen molar-refractivity contribution >= 4 is 33.3 Å². The Hall–Kier alpha value is -2.52. The molecule has 150 valence electrons. The smallest absolute Gasteiger partial charge is 0.259 e. The molecule has 0 aliphatic rings. The normalized spacial score (nSPS) is 11.4. The molecule has 0 saturated heterocycles. The first-order valence-corrected chi connectivity index (χ1v) is 11.4. The van der Waals surface area contributed by atoms with Crippen molar-refractivity contribution in [2.24, 2.45) is 0 Å².